The average molecular weight is 348 g/mol. The molecule has 0 bridgehead atoms. The number of carbonyl (C=O) groups is 1. The highest BCUT2D eigenvalue weighted by Crippen LogP contribution is 2.29. The molecule has 2 N–H and O–H groups in total. The summed E-state index contributed by atoms with van der Waals surface area (Å²) in [5.41, 5.74) is 0. The quantitative estimate of drug-likeness (QED) is 0.872. The van der Waals surface area contributed by atoms with Crippen molar-refractivity contribution in [3.05, 3.63) is 35.2 Å². The molecule has 1 saturated heterocycles. The van der Waals surface area contributed by atoms with E-state index in [1.807, 2.05) is 24.0 Å². The van der Waals surface area contributed by atoms with Crippen LogP contribution in [0, 0.1) is 0 Å². The molecule has 0 saturated carbocycles. The summed E-state index contributed by atoms with van der Waals surface area (Å²) in [5, 5.41) is 13.2. The number of aliphatic hydroxyl groups is 1. The Bertz CT molecular complexity index is 655. The maximum atomic E-state index is 12.5. The molecule has 0 radical (unpaired) electrons. The number of ether oxygens (including phenoxy) is 1. The van der Waals surface area contributed by atoms with E-state index in [0.29, 0.717) is 13.2 Å². The van der Waals surface area contributed by atoms with Gasteiger partial charge in [-0.25, -0.2) is 4.79 Å². The van der Waals surface area contributed by atoms with Gasteiger partial charge in [-0.05, 0) is 37.3 Å². The van der Waals surface area contributed by atoms with E-state index >= 15 is 0 Å². The summed E-state index contributed by atoms with van der Waals surface area (Å²) in [6.07, 6.45) is 1.90. The largest absolute Gasteiger partial charge is 0.394 e. The first kappa shape index (κ1) is 17.2. The molecular weight excluding hydrogens is 324 g/mol. The molecule has 5 nitrogen and oxygen atoms in total. The van der Waals surface area contributed by atoms with Crippen molar-refractivity contribution in [1.29, 1.82) is 0 Å². The number of amides is 2. The van der Waals surface area contributed by atoms with E-state index in [9.17, 15) is 4.79 Å². The SMILES string of the molecule is C[C@@H](NC(=O)N1CCC[C@@H](OCCO)C1)c1cc2ccccc2s1. The third-order valence-corrected chi connectivity index (χ3v) is 5.62. The molecule has 1 aliphatic heterocycles. The van der Waals surface area contributed by atoms with Crippen LogP contribution in [0.25, 0.3) is 10.1 Å². The number of hydrogen-bond donors (Lipinski definition) is 2. The molecule has 0 spiro atoms. The zero-order valence-corrected chi connectivity index (χ0v) is 14.7. The lowest BCUT2D eigenvalue weighted by atomic mass is 10.1. The number of likely N-dealkylation sites (tertiary alicyclic amines) is 1. The highest BCUT2D eigenvalue weighted by molar-refractivity contribution is 7.19. The Balaban J connectivity index is 1.59. The molecule has 2 heterocycles. The monoisotopic (exact) mass is 348 g/mol. The minimum absolute atomic E-state index is 0.0195. The second-order valence-corrected chi connectivity index (χ2v) is 7.28. The highest BCUT2D eigenvalue weighted by atomic mass is 32.1. The number of fused-ring (bicyclic) bond motifs is 1. The topological polar surface area (TPSA) is 61.8 Å². The number of piperidine rings is 1. The number of nitrogens with zero attached hydrogens (tertiary/aromatic N) is 1. The Morgan fingerprint density at radius 2 is 2.33 bits per heavy atom. The molecule has 0 aliphatic carbocycles. The Morgan fingerprint density at radius 1 is 1.50 bits per heavy atom. The van der Waals surface area contributed by atoms with Gasteiger partial charge in [0.05, 0.1) is 25.4 Å². The molecule has 2 aromatic rings. The van der Waals surface area contributed by atoms with Gasteiger partial charge in [-0.15, -0.1) is 11.3 Å². The van der Waals surface area contributed by atoms with Gasteiger partial charge in [-0.1, -0.05) is 18.2 Å². The molecular formula is C18H24N2O3S. The maximum Gasteiger partial charge on any atom is 0.317 e. The number of benzene rings is 1. The zero-order chi connectivity index (χ0) is 16.9. The fraction of sp³-hybridized carbons (Fsp3) is 0.500. The van der Waals surface area contributed by atoms with Crippen LogP contribution in [0.1, 0.15) is 30.7 Å². The molecule has 1 aromatic heterocycles. The molecule has 1 aliphatic rings. The van der Waals surface area contributed by atoms with Crippen molar-refractivity contribution < 1.29 is 14.6 Å². The number of hydrogen-bond acceptors (Lipinski definition) is 4. The van der Waals surface area contributed by atoms with Crippen molar-refractivity contribution >= 4 is 27.5 Å². The number of nitrogens with one attached hydrogen (secondary N) is 1. The van der Waals surface area contributed by atoms with Crippen LogP contribution >= 0.6 is 11.3 Å². The lowest BCUT2D eigenvalue weighted by Gasteiger charge is -2.33. The summed E-state index contributed by atoms with van der Waals surface area (Å²) in [4.78, 5) is 15.5. The fourth-order valence-electron chi connectivity index (χ4n) is 3.04. The normalized spacial score (nSPS) is 19.4. The molecule has 2 amide bonds. The molecule has 6 heteroatoms. The molecule has 2 atom stereocenters. The van der Waals surface area contributed by atoms with E-state index in [-0.39, 0.29) is 24.8 Å². The van der Waals surface area contributed by atoms with Gasteiger partial charge in [0.2, 0.25) is 0 Å². The summed E-state index contributed by atoms with van der Waals surface area (Å²) >= 11 is 1.72. The van der Waals surface area contributed by atoms with Crippen molar-refractivity contribution in [1.82, 2.24) is 10.2 Å². The lowest BCUT2D eigenvalue weighted by molar-refractivity contribution is -0.00595. The Morgan fingerprint density at radius 3 is 3.12 bits per heavy atom. The van der Waals surface area contributed by atoms with Crippen molar-refractivity contribution in [2.24, 2.45) is 0 Å². The number of thiophene rings is 1. The van der Waals surface area contributed by atoms with Gasteiger partial charge in [0.25, 0.3) is 0 Å². The van der Waals surface area contributed by atoms with Gasteiger partial charge in [0.1, 0.15) is 0 Å². The van der Waals surface area contributed by atoms with Crippen molar-refractivity contribution in [3.8, 4) is 0 Å². The Kier molecular flexibility index (Phi) is 5.71. The third-order valence-electron chi connectivity index (χ3n) is 4.32. The molecule has 0 unspecified atom stereocenters. The Hall–Kier alpha value is -1.63. The first-order valence-corrected chi connectivity index (χ1v) is 9.25. The average Bonchev–Trinajstić information content (AvgIpc) is 3.04. The van der Waals surface area contributed by atoms with Crippen molar-refractivity contribution in [3.63, 3.8) is 0 Å². The minimum atomic E-state index is -0.0442. The second kappa shape index (κ2) is 7.96. The summed E-state index contributed by atoms with van der Waals surface area (Å²) in [7, 11) is 0. The molecule has 1 aromatic carbocycles. The van der Waals surface area contributed by atoms with Crippen molar-refractivity contribution in [2.75, 3.05) is 26.3 Å². The summed E-state index contributed by atoms with van der Waals surface area (Å²) in [6, 6.07) is 10.3. The van der Waals surface area contributed by atoms with E-state index in [4.69, 9.17) is 9.84 Å². The van der Waals surface area contributed by atoms with Gasteiger partial charge in [0, 0.05) is 22.7 Å². The smallest absolute Gasteiger partial charge is 0.317 e. The van der Waals surface area contributed by atoms with Gasteiger partial charge in [0.15, 0.2) is 0 Å². The molecule has 3 rings (SSSR count). The van der Waals surface area contributed by atoms with Gasteiger partial charge < -0.3 is 20.1 Å². The summed E-state index contributed by atoms with van der Waals surface area (Å²) < 4.78 is 6.81. The van der Waals surface area contributed by atoms with Crippen LogP contribution in [0.5, 0.6) is 0 Å². The summed E-state index contributed by atoms with van der Waals surface area (Å²) in [5.74, 6) is 0. The number of rotatable bonds is 5. The van der Waals surface area contributed by atoms with Gasteiger partial charge >= 0.3 is 6.03 Å². The number of aliphatic hydroxyl groups excluding tert-OH is 1. The summed E-state index contributed by atoms with van der Waals surface area (Å²) in [6.45, 7) is 3.71. The van der Waals surface area contributed by atoms with Crippen LogP contribution in [0.15, 0.2) is 30.3 Å². The minimum Gasteiger partial charge on any atom is -0.394 e. The highest BCUT2D eigenvalue weighted by Gasteiger charge is 2.25. The number of carbonyl (C=O) groups excluding carboxylic acids is 1. The van der Waals surface area contributed by atoms with Crippen LogP contribution in [-0.4, -0.2) is 48.4 Å². The van der Waals surface area contributed by atoms with Gasteiger partial charge in [-0.2, -0.15) is 0 Å². The van der Waals surface area contributed by atoms with Crippen LogP contribution in [-0.2, 0) is 4.74 Å². The Labute approximate surface area is 146 Å². The van der Waals surface area contributed by atoms with Crippen molar-refractivity contribution in [2.45, 2.75) is 31.9 Å². The number of urea groups is 1. The zero-order valence-electron chi connectivity index (χ0n) is 13.9. The molecule has 24 heavy (non-hydrogen) atoms. The van der Waals surface area contributed by atoms with E-state index in [1.165, 1.54) is 10.1 Å². The van der Waals surface area contributed by atoms with E-state index in [0.717, 1.165) is 24.3 Å². The van der Waals surface area contributed by atoms with E-state index in [1.54, 1.807) is 11.3 Å². The maximum absolute atomic E-state index is 12.5. The first-order valence-electron chi connectivity index (χ1n) is 8.43. The third kappa shape index (κ3) is 4.06. The van der Waals surface area contributed by atoms with E-state index < -0.39 is 0 Å². The second-order valence-electron chi connectivity index (χ2n) is 6.16. The lowest BCUT2D eigenvalue weighted by Crippen LogP contribution is -2.48. The molecule has 1 fully saturated rings. The van der Waals surface area contributed by atoms with Crippen LogP contribution in [0.4, 0.5) is 4.79 Å². The van der Waals surface area contributed by atoms with E-state index in [2.05, 4.69) is 23.5 Å². The standard InChI is InChI=1S/C18H24N2O3S/c1-13(17-11-14-5-2-3-7-16(14)24-17)19-18(22)20-8-4-6-15(12-20)23-10-9-21/h2-3,5,7,11,13,15,21H,4,6,8-10,12H2,1H3,(H,19,22)/t13-,15-/m1/s1. The predicted octanol–water partition coefficient (Wildman–Crippen LogP) is 3.15. The fourth-order valence-corrected chi connectivity index (χ4v) is 4.11. The first-order chi connectivity index (χ1) is 11.7. The van der Waals surface area contributed by atoms with Crippen LogP contribution in [0.3, 0.4) is 0 Å². The van der Waals surface area contributed by atoms with Crippen LogP contribution < -0.4 is 5.32 Å². The molecule has 130 valence electrons. The predicted molar refractivity (Wildman–Crippen MR) is 96.4 cm³/mol. The van der Waals surface area contributed by atoms with Crippen LogP contribution in [0.2, 0.25) is 0 Å². The van der Waals surface area contributed by atoms with Gasteiger partial charge in [-0.3, -0.25) is 0 Å².